The van der Waals surface area contributed by atoms with Gasteiger partial charge in [-0.25, -0.2) is 4.99 Å². The molecule has 0 aliphatic carbocycles. The predicted octanol–water partition coefficient (Wildman–Crippen LogP) is 2.20. The summed E-state index contributed by atoms with van der Waals surface area (Å²) in [6, 6.07) is 10.8. The van der Waals surface area contributed by atoms with Crippen LogP contribution in [0, 0.1) is 0 Å². The van der Waals surface area contributed by atoms with Crippen LogP contribution in [0.3, 0.4) is 0 Å². The van der Waals surface area contributed by atoms with Crippen molar-refractivity contribution in [2.75, 3.05) is 5.32 Å². The highest BCUT2D eigenvalue weighted by Gasteiger charge is 2.17. The van der Waals surface area contributed by atoms with E-state index in [0.29, 0.717) is 17.1 Å². The van der Waals surface area contributed by atoms with Gasteiger partial charge in [-0.05, 0) is 42.6 Å². The molecule has 2 aromatic rings. The second kappa shape index (κ2) is 8.93. The molecule has 0 saturated carbocycles. The topological polar surface area (TPSA) is 113 Å². The first-order chi connectivity index (χ1) is 12.6. The van der Waals surface area contributed by atoms with Crippen molar-refractivity contribution < 1.29 is 9.59 Å². The van der Waals surface area contributed by atoms with Gasteiger partial charge in [0.2, 0.25) is 5.91 Å². The number of hydrogen-bond donors (Lipinski definition) is 3. The molecular weight excluding hydrogens is 330 g/mol. The number of H-pyrrole nitrogens is 1. The normalized spacial score (nSPS) is 11.7. The molecule has 1 aromatic carbocycles. The van der Waals surface area contributed by atoms with Crippen LogP contribution in [0.25, 0.3) is 0 Å². The monoisotopic (exact) mass is 349 g/mol. The summed E-state index contributed by atoms with van der Waals surface area (Å²) >= 11 is 0. The van der Waals surface area contributed by atoms with Gasteiger partial charge >= 0.3 is 0 Å². The molecule has 4 N–H and O–H groups in total. The Labute approximate surface area is 151 Å². The number of benzene rings is 1. The summed E-state index contributed by atoms with van der Waals surface area (Å²) in [5.41, 5.74) is 8.23. The maximum atomic E-state index is 12.0. The molecule has 0 unspecified atom stereocenters. The number of amides is 2. The Kier molecular flexibility index (Phi) is 6.39. The lowest BCUT2D eigenvalue weighted by Crippen LogP contribution is -2.15. The van der Waals surface area contributed by atoms with Crippen LogP contribution >= 0.6 is 0 Å². The van der Waals surface area contributed by atoms with Gasteiger partial charge in [-0.1, -0.05) is 18.7 Å². The van der Waals surface area contributed by atoms with E-state index in [1.54, 1.807) is 36.5 Å². The van der Waals surface area contributed by atoms with Crippen LogP contribution in [0.15, 0.2) is 77.0 Å². The number of rotatable bonds is 7. The smallest absolute Gasteiger partial charge is 0.280 e. The molecular formula is C19H19N5O2. The zero-order chi connectivity index (χ0) is 18.9. The fourth-order valence-electron chi connectivity index (χ4n) is 2.24. The summed E-state index contributed by atoms with van der Waals surface area (Å²) < 4.78 is 0. The van der Waals surface area contributed by atoms with Crippen molar-refractivity contribution in [2.45, 2.75) is 6.54 Å². The van der Waals surface area contributed by atoms with Crippen molar-refractivity contribution >= 4 is 29.9 Å². The molecule has 0 bridgehead atoms. The Bertz CT molecular complexity index is 879. The van der Waals surface area contributed by atoms with Gasteiger partial charge in [0.15, 0.2) is 0 Å². The largest absolute Gasteiger partial charge is 0.404 e. The van der Waals surface area contributed by atoms with Crippen LogP contribution in [0.2, 0.25) is 0 Å². The summed E-state index contributed by atoms with van der Waals surface area (Å²) in [7, 11) is 0. The molecule has 0 saturated heterocycles. The Morgan fingerprint density at radius 3 is 2.69 bits per heavy atom. The van der Waals surface area contributed by atoms with Gasteiger partial charge in [-0.15, -0.1) is 0 Å². The Morgan fingerprint density at radius 2 is 2.08 bits per heavy atom. The zero-order valence-electron chi connectivity index (χ0n) is 14.1. The van der Waals surface area contributed by atoms with Crippen molar-refractivity contribution in [1.82, 2.24) is 4.98 Å². The molecule has 2 amide bonds. The van der Waals surface area contributed by atoms with Gasteiger partial charge in [0, 0.05) is 18.1 Å². The first-order valence-electron chi connectivity index (χ1n) is 7.73. The Hall–Kier alpha value is -3.74. The Morgan fingerprint density at radius 1 is 1.27 bits per heavy atom. The lowest BCUT2D eigenvalue weighted by Gasteiger charge is -2.08. The molecule has 0 fully saturated rings. The summed E-state index contributed by atoms with van der Waals surface area (Å²) in [5, 5.41) is 2.69. The molecule has 7 heteroatoms. The molecule has 1 aromatic heterocycles. The minimum atomic E-state index is -0.562. The van der Waals surface area contributed by atoms with Crippen LogP contribution in [-0.2, 0) is 16.1 Å². The van der Waals surface area contributed by atoms with Gasteiger partial charge in [0.05, 0.1) is 23.5 Å². The number of carbonyl (C=O) groups is 2. The molecule has 1 heterocycles. The molecule has 0 radical (unpaired) electrons. The van der Waals surface area contributed by atoms with Crippen LogP contribution in [0.5, 0.6) is 0 Å². The predicted molar refractivity (Wildman–Crippen MR) is 103 cm³/mol. The molecule has 132 valence electrons. The molecule has 0 aliphatic heterocycles. The van der Waals surface area contributed by atoms with E-state index in [1.165, 1.54) is 6.08 Å². The van der Waals surface area contributed by atoms with E-state index in [9.17, 15) is 9.59 Å². The molecule has 26 heavy (non-hydrogen) atoms. The summed E-state index contributed by atoms with van der Waals surface area (Å²) in [4.78, 5) is 34.3. The maximum Gasteiger partial charge on any atom is 0.280 e. The number of aromatic nitrogens is 1. The minimum absolute atomic E-state index is 0.151. The first-order valence-corrected chi connectivity index (χ1v) is 7.73. The number of hydrogen-bond acceptors (Lipinski definition) is 4. The average Bonchev–Trinajstić information content (AvgIpc) is 3.19. The number of carbonyl (C=O) groups excluding carboxylic acids is 2. The molecule has 0 aliphatic rings. The minimum Gasteiger partial charge on any atom is -0.404 e. The fourth-order valence-corrected chi connectivity index (χ4v) is 2.24. The van der Waals surface area contributed by atoms with Crippen LogP contribution in [0.1, 0.15) is 11.3 Å². The third-order valence-electron chi connectivity index (χ3n) is 3.45. The van der Waals surface area contributed by atoms with E-state index in [0.717, 1.165) is 11.8 Å². The quantitative estimate of drug-likeness (QED) is 0.526. The number of nitrogens with two attached hydrogens (primary N) is 1. The standard InChI is InChI=1S/C19H19N5O2/c1-3-17(25)24-14-7-4-6-13(10-14)12-23-18(16-8-5-9-22-16)15(11-20)19(26)21-2/h3-11,22H,1-2,12,20H2,(H,24,25). The first kappa shape index (κ1) is 18.6. The lowest BCUT2D eigenvalue weighted by atomic mass is 10.1. The second-order valence-electron chi connectivity index (χ2n) is 5.19. The van der Waals surface area contributed by atoms with Crippen molar-refractivity contribution in [2.24, 2.45) is 15.7 Å². The van der Waals surface area contributed by atoms with Gasteiger partial charge in [0.1, 0.15) is 0 Å². The lowest BCUT2D eigenvalue weighted by molar-refractivity contribution is -0.114. The van der Waals surface area contributed by atoms with E-state index in [4.69, 9.17) is 5.73 Å². The van der Waals surface area contributed by atoms with Crippen LogP contribution in [-0.4, -0.2) is 29.2 Å². The molecule has 0 atom stereocenters. The third-order valence-corrected chi connectivity index (χ3v) is 3.45. The van der Waals surface area contributed by atoms with E-state index < -0.39 is 5.91 Å². The number of nitrogens with zero attached hydrogens (tertiary/aromatic N) is 2. The second-order valence-corrected chi connectivity index (χ2v) is 5.19. The van der Waals surface area contributed by atoms with Crippen molar-refractivity contribution in [1.29, 1.82) is 0 Å². The Balaban J connectivity index is 2.32. The molecule has 2 rings (SSSR count). The summed E-state index contributed by atoms with van der Waals surface area (Å²) in [6.45, 7) is 6.94. The van der Waals surface area contributed by atoms with Crippen molar-refractivity contribution in [3.8, 4) is 0 Å². The van der Waals surface area contributed by atoms with Gasteiger partial charge in [0.25, 0.3) is 5.91 Å². The third kappa shape index (κ3) is 4.64. The SMILES string of the molecule is C=CC(=O)Nc1cccc(CN=C(C(=CN)C(=O)N=C)c2ccc[nH]2)c1. The number of aromatic amines is 1. The highest BCUT2D eigenvalue weighted by atomic mass is 16.2. The summed E-state index contributed by atoms with van der Waals surface area (Å²) in [5.74, 6) is -0.860. The number of anilines is 1. The zero-order valence-corrected chi connectivity index (χ0v) is 14.1. The van der Waals surface area contributed by atoms with Crippen molar-refractivity contribution in [3.63, 3.8) is 0 Å². The highest BCUT2D eigenvalue weighted by Crippen LogP contribution is 2.14. The number of aliphatic imine (C=N–C) groups is 2. The molecule has 0 spiro atoms. The highest BCUT2D eigenvalue weighted by molar-refractivity contribution is 6.28. The fraction of sp³-hybridized carbons (Fsp3) is 0.0526. The van der Waals surface area contributed by atoms with Crippen LogP contribution in [0.4, 0.5) is 5.69 Å². The van der Waals surface area contributed by atoms with E-state index in [-0.39, 0.29) is 18.0 Å². The van der Waals surface area contributed by atoms with Crippen molar-refractivity contribution in [3.05, 3.63) is 78.3 Å². The van der Waals surface area contributed by atoms with E-state index in [2.05, 4.69) is 33.6 Å². The van der Waals surface area contributed by atoms with E-state index in [1.807, 2.05) is 6.07 Å². The molecule has 7 nitrogen and oxygen atoms in total. The number of nitrogens with one attached hydrogen (secondary N) is 2. The van der Waals surface area contributed by atoms with Gasteiger partial charge < -0.3 is 16.0 Å². The van der Waals surface area contributed by atoms with E-state index >= 15 is 0 Å². The van der Waals surface area contributed by atoms with Gasteiger partial charge in [-0.3, -0.25) is 14.6 Å². The van der Waals surface area contributed by atoms with Crippen LogP contribution < -0.4 is 11.1 Å². The average molecular weight is 349 g/mol. The summed E-state index contributed by atoms with van der Waals surface area (Å²) in [6.07, 6.45) is 4.08. The van der Waals surface area contributed by atoms with Gasteiger partial charge in [-0.2, -0.15) is 0 Å². The maximum absolute atomic E-state index is 12.0.